The molecule has 0 atom stereocenters. The smallest absolute Gasteiger partial charge is 0.190 e. The van der Waals surface area contributed by atoms with E-state index in [0.717, 1.165) is 0 Å². The predicted octanol–water partition coefficient (Wildman–Crippen LogP) is 5.35. The van der Waals surface area contributed by atoms with Crippen LogP contribution in [0.3, 0.4) is 0 Å². The Kier molecular flexibility index (Phi) is 3.89. The first-order valence-electron chi connectivity index (χ1n) is 7.86. The molecule has 0 saturated carbocycles. The summed E-state index contributed by atoms with van der Waals surface area (Å²) < 4.78 is 20.6. The van der Waals surface area contributed by atoms with Crippen LogP contribution in [0.2, 0.25) is 0 Å². The number of hydrogen-bond donors (Lipinski definition) is 0. The quantitative estimate of drug-likeness (QED) is 0.368. The molecule has 6 nitrogen and oxygen atoms in total. The van der Waals surface area contributed by atoms with Crippen LogP contribution in [0, 0.1) is 5.82 Å². The van der Waals surface area contributed by atoms with E-state index >= 15 is 0 Å². The third-order valence-electron chi connectivity index (χ3n) is 3.85. The lowest BCUT2D eigenvalue weighted by Gasteiger charge is -1.98. The van der Waals surface area contributed by atoms with Crippen LogP contribution in [0.25, 0.3) is 17.1 Å². The molecule has 26 heavy (non-hydrogen) atoms. The average molecular weight is 348 g/mol. The highest BCUT2D eigenvalue weighted by Gasteiger charge is 2.16. The molecule has 128 valence electrons. The standard InChI is InChI=1S/C19H13FN4O2/c1-12(25)13-4-7-15(8-5-13)22-23-19-18(16-3-2-10-26-16)21-17-9-6-14(20)11-24(17)19/h2-11H,1H3. The number of fused-ring (bicyclic) bond motifs is 1. The number of rotatable bonds is 4. The summed E-state index contributed by atoms with van der Waals surface area (Å²) in [5.74, 6) is 0.425. The summed E-state index contributed by atoms with van der Waals surface area (Å²) in [4.78, 5) is 15.8. The van der Waals surface area contributed by atoms with Crippen molar-refractivity contribution in [2.45, 2.75) is 6.92 Å². The number of ketones is 1. The number of hydrogen-bond acceptors (Lipinski definition) is 5. The summed E-state index contributed by atoms with van der Waals surface area (Å²) in [7, 11) is 0. The highest BCUT2D eigenvalue weighted by Crippen LogP contribution is 2.32. The monoisotopic (exact) mass is 348 g/mol. The first-order valence-corrected chi connectivity index (χ1v) is 7.86. The van der Waals surface area contributed by atoms with Crippen molar-refractivity contribution < 1.29 is 13.6 Å². The summed E-state index contributed by atoms with van der Waals surface area (Å²) in [6.45, 7) is 1.50. The zero-order valence-electron chi connectivity index (χ0n) is 13.8. The minimum absolute atomic E-state index is 0.0224. The molecular formula is C19H13FN4O2. The second-order valence-electron chi connectivity index (χ2n) is 5.64. The highest BCUT2D eigenvalue weighted by molar-refractivity contribution is 5.94. The van der Waals surface area contributed by atoms with E-state index in [4.69, 9.17) is 4.42 Å². The van der Waals surface area contributed by atoms with E-state index in [1.807, 2.05) is 0 Å². The Morgan fingerprint density at radius 2 is 1.92 bits per heavy atom. The molecule has 0 aliphatic heterocycles. The van der Waals surface area contributed by atoms with Crippen LogP contribution in [0.1, 0.15) is 17.3 Å². The van der Waals surface area contributed by atoms with Gasteiger partial charge in [-0.15, -0.1) is 10.2 Å². The lowest BCUT2D eigenvalue weighted by atomic mass is 10.1. The molecule has 3 heterocycles. The van der Waals surface area contributed by atoms with Gasteiger partial charge in [0.2, 0.25) is 0 Å². The zero-order valence-corrected chi connectivity index (χ0v) is 13.8. The molecule has 0 aliphatic carbocycles. The molecule has 0 spiro atoms. The van der Waals surface area contributed by atoms with Crippen LogP contribution in [0.15, 0.2) is 75.6 Å². The highest BCUT2D eigenvalue weighted by atomic mass is 19.1. The van der Waals surface area contributed by atoms with Crippen molar-refractivity contribution in [2.24, 2.45) is 10.2 Å². The molecule has 0 amide bonds. The Morgan fingerprint density at radius 1 is 1.12 bits per heavy atom. The minimum Gasteiger partial charge on any atom is -0.463 e. The maximum absolute atomic E-state index is 13.7. The predicted molar refractivity (Wildman–Crippen MR) is 93.5 cm³/mol. The van der Waals surface area contributed by atoms with Crippen molar-refractivity contribution in [3.8, 4) is 11.5 Å². The van der Waals surface area contributed by atoms with Gasteiger partial charge >= 0.3 is 0 Å². The van der Waals surface area contributed by atoms with Crippen LogP contribution in [-0.4, -0.2) is 15.2 Å². The fourth-order valence-electron chi connectivity index (χ4n) is 2.55. The Labute approximate surface area is 147 Å². The van der Waals surface area contributed by atoms with Crippen molar-refractivity contribution in [2.75, 3.05) is 0 Å². The molecule has 0 N–H and O–H groups in total. The minimum atomic E-state index is -0.414. The lowest BCUT2D eigenvalue weighted by molar-refractivity contribution is 0.101. The third-order valence-corrected chi connectivity index (χ3v) is 3.85. The second kappa shape index (κ2) is 6.36. The Hall–Kier alpha value is -3.61. The van der Waals surface area contributed by atoms with Crippen LogP contribution in [0.4, 0.5) is 15.9 Å². The van der Waals surface area contributed by atoms with Gasteiger partial charge in [-0.25, -0.2) is 9.37 Å². The lowest BCUT2D eigenvalue weighted by Crippen LogP contribution is -1.89. The topological polar surface area (TPSA) is 72.2 Å². The van der Waals surface area contributed by atoms with Crippen molar-refractivity contribution in [3.05, 3.63) is 72.4 Å². The molecule has 0 radical (unpaired) electrons. The summed E-state index contributed by atoms with van der Waals surface area (Å²) in [5.41, 5.74) is 2.15. The largest absolute Gasteiger partial charge is 0.463 e. The maximum atomic E-state index is 13.7. The summed E-state index contributed by atoms with van der Waals surface area (Å²) in [6.07, 6.45) is 2.82. The number of aromatic nitrogens is 2. The van der Waals surface area contributed by atoms with Gasteiger partial charge in [0, 0.05) is 11.8 Å². The number of Topliss-reactive ketones (excluding diaryl/α,β-unsaturated/α-hetero) is 1. The molecule has 4 rings (SSSR count). The zero-order chi connectivity index (χ0) is 18.1. The van der Waals surface area contributed by atoms with Gasteiger partial charge in [-0.2, -0.15) is 0 Å². The Bertz CT molecular complexity index is 1110. The number of carbonyl (C=O) groups is 1. The van der Waals surface area contributed by atoms with Gasteiger partial charge in [-0.3, -0.25) is 9.20 Å². The van der Waals surface area contributed by atoms with E-state index in [1.54, 1.807) is 42.5 Å². The maximum Gasteiger partial charge on any atom is 0.190 e. The van der Waals surface area contributed by atoms with Crippen LogP contribution >= 0.6 is 0 Å². The molecule has 0 aliphatic rings. The number of pyridine rings is 1. The number of nitrogens with zero attached hydrogens (tertiary/aromatic N) is 4. The number of carbonyl (C=O) groups excluding carboxylic acids is 1. The Morgan fingerprint density at radius 3 is 2.62 bits per heavy atom. The average Bonchev–Trinajstić information content (AvgIpc) is 3.27. The SMILES string of the molecule is CC(=O)c1ccc(N=Nc2c(-c3ccco3)nc3ccc(F)cn23)cc1. The van der Waals surface area contributed by atoms with E-state index in [2.05, 4.69) is 15.2 Å². The van der Waals surface area contributed by atoms with Gasteiger partial charge in [-0.05, 0) is 55.5 Å². The first-order chi connectivity index (χ1) is 12.6. The van der Waals surface area contributed by atoms with Crippen molar-refractivity contribution in [1.29, 1.82) is 0 Å². The van der Waals surface area contributed by atoms with Gasteiger partial charge in [0.15, 0.2) is 23.1 Å². The Balaban J connectivity index is 1.80. The fraction of sp³-hybridized carbons (Fsp3) is 0.0526. The van der Waals surface area contributed by atoms with Crippen LogP contribution < -0.4 is 0 Å². The number of imidazole rings is 1. The van der Waals surface area contributed by atoms with Gasteiger partial charge in [0.05, 0.1) is 12.0 Å². The summed E-state index contributed by atoms with van der Waals surface area (Å²) in [6, 6.07) is 13.1. The molecule has 0 fully saturated rings. The summed E-state index contributed by atoms with van der Waals surface area (Å²) >= 11 is 0. The van der Waals surface area contributed by atoms with Crippen molar-refractivity contribution in [1.82, 2.24) is 9.38 Å². The molecule has 1 aromatic carbocycles. The number of halogens is 1. The summed E-state index contributed by atoms with van der Waals surface area (Å²) in [5, 5.41) is 8.44. The van der Waals surface area contributed by atoms with Gasteiger partial charge < -0.3 is 4.42 Å². The normalized spacial score (nSPS) is 11.5. The van der Waals surface area contributed by atoms with Crippen LogP contribution in [0.5, 0.6) is 0 Å². The van der Waals surface area contributed by atoms with Gasteiger partial charge in [0.25, 0.3) is 0 Å². The first kappa shape index (κ1) is 15.9. The fourth-order valence-corrected chi connectivity index (χ4v) is 2.55. The van der Waals surface area contributed by atoms with E-state index < -0.39 is 5.82 Å². The van der Waals surface area contributed by atoms with Crippen molar-refractivity contribution >= 4 is 22.9 Å². The van der Waals surface area contributed by atoms with Gasteiger partial charge in [0.1, 0.15) is 11.5 Å². The van der Waals surface area contributed by atoms with E-state index in [9.17, 15) is 9.18 Å². The molecule has 4 aromatic rings. The third kappa shape index (κ3) is 2.90. The van der Waals surface area contributed by atoms with E-state index in [0.29, 0.717) is 34.2 Å². The molecular weight excluding hydrogens is 335 g/mol. The molecule has 7 heteroatoms. The molecule has 0 bridgehead atoms. The second-order valence-corrected chi connectivity index (χ2v) is 5.64. The van der Waals surface area contributed by atoms with Gasteiger partial charge in [-0.1, -0.05) is 0 Å². The molecule has 0 saturated heterocycles. The van der Waals surface area contributed by atoms with E-state index in [1.165, 1.54) is 29.9 Å². The number of azo groups is 1. The number of benzene rings is 1. The molecule has 0 unspecified atom stereocenters. The number of furan rings is 1. The molecule has 3 aromatic heterocycles. The van der Waals surface area contributed by atoms with E-state index in [-0.39, 0.29) is 5.78 Å². The van der Waals surface area contributed by atoms with Crippen LogP contribution in [-0.2, 0) is 0 Å². The van der Waals surface area contributed by atoms with Crippen molar-refractivity contribution in [3.63, 3.8) is 0 Å².